The standard InChI is InChI=1S/C17H20N2O2/c1-11(2)15-13(8-9-18-15)17(20)19-14-7-3-5-12-6-4-10-21-16(12)14/h3,5,7-9,11,18H,4,6,10H2,1-2H3,(H,19,20). The first kappa shape index (κ1) is 13.7. The highest BCUT2D eigenvalue weighted by atomic mass is 16.5. The van der Waals surface area contributed by atoms with Gasteiger partial charge in [-0.1, -0.05) is 26.0 Å². The second kappa shape index (κ2) is 5.64. The second-order valence-corrected chi connectivity index (χ2v) is 5.66. The second-order valence-electron chi connectivity index (χ2n) is 5.66. The Hall–Kier alpha value is -2.23. The number of aromatic amines is 1. The zero-order valence-electron chi connectivity index (χ0n) is 12.4. The van der Waals surface area contributed by atoms with Crippen molar-refractivity contribution in [2.45, 2.75) is 32.6 Å². The van der Waals surface area contributed by atoms with Crippen LogP contribution in [-0.4, -0.2) is 17.5 Å². The zero-order chi connectivity index (χ0) is 14.8. The van der Waals surface area contributed by atoms with Crippen molar-refractivity contribution in [1.29, 1.82) is 0 Å². The minimum absolute atomic E-state index is 0.0949. The SMILES string of the molecule is CC(C)c1[nH]ccc1C(=O)Nc1cccc2c1OCCC2. The van der Waals surface area contributed by atoms with E-state index in [-0.39, 0.29) is 11.8 Å². The quantitative estimate of drug-likeness (QED) is 0.902. The number of aromatic nitrogens is 1. The highest BCUT2D eigenvalue weighted by Crippen LogP contribution is 2.33. The van der Waals surface area contributed by atoms with E-state index < -0.39 is 0 Å². The molecule has 1 amide bonds. The van der Waals surface area contributed by atoms with Crippen LogP contribution in [0.3, 0.4) is 0 Å². The number of carbonyl (C=O) groups is 1. The molecule has 1 aliphatic heterocycles. The van der Waals surface area contributed by atoms with Crippen molar-refractivity contribution in [2.24, 2.45) is 0 Å². The van der Waals surface area contributed by atoms with Gasteiger partial charge in [-0.2, -0.15) is 0 Å². The lowest BCUT2D eigenvalue weighted by atomic mass is 10.0. The number of fused-ring (bicyclic) bond motifs is 1. The first-order valence-electron chi connectivity index (χ1n) is 7.40. The molecule has 0 fully saturated rings. The van der Waals surface area contributed by atoms with Crippen molar-refractivity contribution in [3.8, 4) is 5.75 Å². The normalized spacial score (nSPS) is 13.7. The molecule has 4 heteroatoms. The number of hydrogen-bond donors (Lipinski definition) is 2. The van der Waals surface area contributed by atoms with Gasteiger partial charge < -0.3 is 15.0 Å². The van der Waals surface area contributed by atoms with Gasteiger partial charge in [0.2, 0.25) is 0 Å². The molecule has 0 bridgehead atoms. The number of amides is 1. The number of carbonyl (C=O) groups excluding carboxylic acids is 1. The Labute approximate surface area is 124 Å². The lowest BCUT2D eigenvalue weighted by Gasteiger charge is -2.20. The summed E-state index contributed by atoms with van der Waals surface area (Å²) in [6.07, 6.45) is 3.83. The third-order valence-corrected chi connectivity index (χ3v) is 3.78. The highest BCUT2D eigenvalue weighted by Gasteiger charge is 2.19. The van der Waals surface area contributed by atoms with Crippen LogP contribution in [0.4, 0.5) is 5.69 Å². The smallest absolute Gasteiger partial charge is 0.257 e. The van der Waals surface area contributed by atoms with Crippen molar-refractivity contribution in [3.63, 3.8) is 0 Å². The summed E-state index contributed by atoms with van der Waals surface area (Å²) in [5.41, 5.74) is 3.57. The lowest BCUT2D eigenvalue weighted by Crippen LogP contribution is -2.17. The first-order chi connectivity index (χ1) is 10.2. The maximum atomic E-state index is 12.5. The number of rotatable bonds is 3. The number of benzene rings is 1. The van der Waals surface area contributed by atoms with Crippen LogP contribution in [0.25, 0.3) is 0 Å². The average molecular weight is 284 g/mol. The molecule has 0 atom stereocenters. The maximum Gasteiger partial charge on any atom is 0.257 e. The topological polar surface area (TPSA) is 54.1 Å². The maximum absolute atomic E-state index is 12.5. The van der Waals surface area contributed by atoms with Crippen molar-refractivity contribution in [2.75, 3.05) is 11.9 Å². The molecule has 0 spiro atoms. The van der Waals surface area contributed by atoms with Crippen LogP contribution in [0.1, 0.15) is 47.8 Å². The Balaban J connectivity index is 1.87. The van der Waals surface area contributed by atoms with Crippen molar-refractivity contribution >= 4 is 11.6 Å². The van der Waals surface area contributed by atoms with Crippen molar-refractivity contribution < 1.29 is 9.53 Å². The molecular weight excluding hydrogens is 264 g/mol. The van der Waals surface area contributed by atoms with Crippen LogP contribution in [0.2, 0.25) is 0 Å². The molecule has 0 saturated carbocycles. The largest absolute Gasteiger partial charge is 0.491 e. The molecule has 4 nitrogen and oxygen atoms in total. The van der Waals surface area contributed by atoms with E-state index in [9.17, 15) is 4.79 Å². The first-order valence-corrected chi connectivity index (χ1v) is 7.40. The monoisotopic (exact) mass is 284 g/mol. The molecule has 0 saturated heterocycles. The van der Waals surface area contributed by atoms with E-state index >= 15 is 0 Å². The molecule has 0 aliphatic carbocycles. The van der Waals surface area contributed by atoms with Crippen LogP contribution < -0.4 is 10.1 Å². The molecule has 2 heterocycles. The van der Waals surface area contributed by atoms with Crippen LogP contribution in [0.5, 0.6) is 5.75 Å². The van der Waals surface area contributed by atoms with Crippen molar-refractivity contribution in [3.05, 3.63) is 47.3 Å². The number of hydrogen-bond acceptors (Lipinski definition) is 2. The summed E-state index contributed by atoms with van der Waals surface area (Å²) in [5, 5.41) is 2.98. The van der Waals surface area contributed by atoms with Gasteiger partial charge in [0.25, 0.3) is 5.91 Å². The molecule has 110 valence electrons. The van der Waals surface area contributed by atoms with E-state index in [2.05, 4.69) is 30.2 Å². The van der Waals surface area contributed by atoms with Crippen molar-refractivity contribution in [1.82, 2.24) is 4.98 Å². The van der Waals surface area contributed by atoms with E-state index in [1.165, 1.54) is 0 Å². The number of para-hydroxylation sites is 1. The summed E-state index contributed by atoms with van der Waals surface area (Å²) < 4.78 is 5.73. The lowest BCUT2D eigenvalue weighted by molar-refractivity contribution is 0.102. The van der Waals surface area contributed by atoms with Gasteiger partial charge in [-0.3, -0.25) is 4.79 Å². The van der Waals surface area contributed by atoms with Gasteiger partial charge in [-0.15, -0.1) is 0 Å². The predicted octanol–water partition coefficient (Wildman–Crippen LogP) is 3.72. The minimum Gasteiger partial charge on any atom is -0.491 e. The van der Waals surface area contributed by atoms with Crippen LogP contribution in [0, 0.1) is 0 Å². The van der Waals surface area contributed by atoms with Gasteiger partial charge in [0, 0.05) is 11.9 Å². The number of anilines is 1. The Bertz CT molecular complexity index is 659. The zero-order valence-corrected chi connectivity index (χ0v) is 12.4. The summed E-state index contributed by atoms with van der Waals surface area (Å²) in [7, 11) is 0. The molecule has 0 radical (unpaired) electrons. The summed E-state index contributed by atoms with van der Waals surface area (Å²) in [5.74, 6) is 1.00. The third kappa shape index (κ3) is 2.66. The Morgan fingerprint density at radius 2 is 2.19 bits per heavy atom. The third-order valence-electron chi connectivity index (χ3n) is 3.78. The molecule has 1 aromatic carbocycles. The van der Waals surface area contributed by atoms with Crippen LogP contribution >= 0.6 is 0 Å². The highest BCUT2D eigenvalue weighted by molar-refractivity contribution is 6.06. The van der Waals surface area contributed by atoms with Crippen LogP contribution in [-0.2, 0) is 6.42 Å². The summed E-state index contributed by atoms with van der Waals surface area (Å²) in [4.78, 5) is 15.6. The summed E-state index contributed by atoms with van der Waals surface area (Å²) in [6.45, 7) is 4.84. The number of ether oxygens (including phenoxy) is 1. The van der Waals surface area contributed by atoms with Gasteiger partial charge in [0.15, 0.2) is 0 Å². The fourth-order valence-electron chi connectivity index (χ4n) is 2.74. The molecule has 1 aromatic heterocycles. The van der Waals surface area contributed by atoms with Gasteiger partial charge >= 0.3 is 0 Å². The molecule has 2 aromatic rings. The number of aryl methyl sites for hydroxylation is 1. The van der Waals surface area contributed by atoms with E-state index in [0.717, 1.165) is 35.5 Å². The summed E-state index contributed by atoms with van der Waals surface area (Å²) >= 11 is 0. The van der Waals surface area contributed by atoms with E-state index in [1.54, 1.807) is 6.20 Å². The molecule has 1 aliphatic rings. The Kier molecular flexibility index (Phi) is 3.69. The van der Waals surface area contributed by atoms with E-state index in [4.69, 9.17) is 4.74 Å². The Morgan fingerprint density at radius 3 is 3.00 bits per heavy atom. The van der Waals surface area contributed by atoms with Gasteiger partial charge in [0.1, 0.15) is 5.75 Å². The summed E-state index contributed by atoms with van der Waals surface area (Å²) in [6, 6.07) is 7.73. The average Bonchev–Trinajstić information content (AvgIpc) is 2.97. The molecule has 0 unspecified atom stereocenters. The Morgan fingerprint density at radius 1 is 1.33 bits per heavy atom. The van der Waals surface area contributed by atoms with E-state index in [0.29, 0.717) is 12.2 Å². The van der Waals surface area contributed by atoms with Gasteiger partial charge in [0.05, 0.1) is 17.9 Å². The number of H-pyrrole nitrogens is 1. The molecular formula is C17H20N2O2. The molecule has 21 heavy (non-hydrogen) atoms. The van der Waals surface area contributed by atoms with Crippen LogP contribution in [0.15, 0.2) is 30.5 Å². The van der Waals surface area contributed by atoms with Gasteiger partial charge in [-0.05, 0) is 36.5 Å². The fraction of sp³-hybridized carbons (Fsp3) is 0.353. The minimum atomic E-state index is -0.0949. The molecule has 3 rings (SSSR count). The molecule has 2 N–H and O–H groups in total. The predicted molar refractivity (Wildman–Crippen MR) is 83.1 cm³/mol. The number of nitrogens with one attached hydrogen (secondary N) is 2. The fourth-order valence-corrected chi connectivity index (χ4v) is 2.74. The van der Waals surface area contributed by atoms with Gasteiger partial charge in [-0.25, -0.2) is 0 Å². The van der Waals surface area contributed by atoms with E-state index in [1.807, 2.05) is 18.2 Å².